The number of ketones is 1. The Bertz CT molecular complexity index is 885. The summed E-state index contributed by atoms with van der Waals surface area (Å²) in [6.45, 7) is 3.81. The molecule has 4 rings (SSSR count). The fourth-order valence-electron chi connectivity index (χ4n) is 4.28. The molecule has 158 valence electrons. The first kappa shape index (κ1) is 21.7. The van der Waals surface area contributed by atoms with Crippen LogP contribution < -0.4 is 5.69 Å². The van der Waals surface area contributed by atoms with Crippen molar-refractivity contribution in [3.05, 3.63) is 52.0 Å². The molecule has 2 aliphatic heterocycles. The zero-order valence-electron chi connectivity index (χ0n) is 16.6. The molecule has 0 saturated carbocycles. The van der Waals surface area contributed by atoms with Gasteiger partial charge in [-0.1, -0.05) is 6.42 Å². The molecule has 3 heterocycles. The van der Waals surface area contributed by atoms with Gasteiger partial charge in [0.1, 0.15) is 11.6 Å². The van der Waals surface area contributed by atoms with E-state index in [2.05, 4.69) is 10.00 Å². The van der Waals surface area contributed by atoms with E-state index in [4.69, 9.17) is 0 Å². The van der Waals surface area contributed by atoms with Crippen LogP contribution in [0.1, 0.15) is 48.3 Å². The quantitative estimate of drug-likeness (QED) is 0.695. The molecule has 0 bridgehead atoms. The van der Waals surface area contributed by atoms with Gasteiger partial charge in [0.2, 0.25) is 0 Å². The molecule has 6 nitrogen and oxygen atoms in total. The van der Waals surface area contributed by atoms with Crippen molar-refractivity contribution >= 4 is 18.2 Å². The lowest BCUT2D eigenvalue weighted by atomic mass is 9.89. The van der Waals surface area contributed by atoms with Crippen molar-refractivity contribution < 1.29 is 9.18 Å². The van der Waals surface area contributed by atoms with E-state index in [0.29, 0.717) is 12.1 Å². The van der Waals surface area contributed by atoms with Crippen LogP contribution in [0.3, 0.4) is 0 Å². The molecular formula is C21H28ClFN4O2. The first-order valence-electron chi connectivity index (χ1n) is 10.3. The van der Waals surface area contributed by atoms with Crippen LogP contribution in [0.15, 0.2) is 29.1 Å². The monoisotopic (exact) mass is 422 g/mol. The highest BCUT2D eigenvalue weighted by Gasteiger charge is 2.26. The number of benzene rings is 1. The maximum Gasteiger partial charge on any atom is 0.345 e. The first-order valence-corrected chi connectivity index (χ1v) is 10.3. The van der Waals surface area contributed by atoms with E-state index in [0.717, 1.165) is 70.5 Å². The highest BCUT2D eigenvalue weighted by Crippen LogP contribution is 2.22. The van der Waals surface area contributed by atoms with E-state index < -0.39 is 0 Å². The maximum absolute atomic E-state index is 13.0. The Balaban J connectivity index is 0.00000240. The van der Waals surface area contributed by atoms with Crippen molar-refractivity contribution in [2.45, 2.75) is 51.6 Å². The maximum atomic E-state index is 13.0. The molecule has 0 amide bonds. The van der Waals surface area contributed by atoms with Crippen LogP contribution in [0, 0.1) is 11.7 Å². The molecule has 1 saturated heterocycles. The summed E-state index contributed by atoms with van der Waals surface area (Å²) < 4.78 is 16.5. The lowest BCUT2D eigenvalue weighted by molar-refractivity contribution is 0.0836. The number of carbonyl (C=O) groups excluding carboxylic acids is 1. The Hall–Kier alpha value is -1.99. The van der Waals surface area contributed by atoms with Crippen molar-refractivity contribution in [3.63, 3.8) is 0 Å². The molecule has 2 aromatic rings. The zero-order valence-corrected chi connectivity index (χ0v) is 17.4. The summed E-state index contributed by atoms with van der Waals surface area (Å²) >= 11 is 0. The van der Waals surface area contributed by atoms with Gasteiger partial charge in [0, 0.05) is 31.0 Å². The van der Waals surface area contributed by atoms with Gasteiger partial charge in [-0.25, -0.2) is 13.9 Å². The summed E-state index contributed by atoms with van der Waals surface area (Å²) in [5.41, 5.74) is 0.601. The molecule has 29 heavy (non-hydrogen) atoms. The van der Waals surface area contributed by atoms with Gasteiger partial charge in [0.05, 0.1) is 6.54 Å². The zero-order chi connectivity index (χ0) is 19.5. The van der Waals surface area contributed by atoms with Crippen LogP contribution in [0.2, 0.25) is 0 Å². The number of nitrogens with zero attached hydrogens (tertiary/aromatic N) is 4. The molecule has 0 atom stereocenters. The minimum Gasteiger partial charge on any atom is -0.301 e. The van der Waals surface area contributed by atoms with Gasteiger partial charge >= 0.3 is 5.69 Å². The van der Waals surface area contributed by atoms with Gasteiger partial charge in [-0.2, -0.15) is 5.10 Å². The molecule has 0 unspecified atom stereocenters. The number of Topliss-reactive ketones (excluding diaryl/α,β-unsaturated/α-hetero) is 1. The third-order valence-corrected chi connectivity index (χ3v) is 6.00. The number of piperidine rings is 1. The Kier molecular flexibility index (Phi) is 7.24. The highest BCUT2D eigenvalue weighted by molar-refractivity contribution is 5.97. The lowest BCUT2D eigenvalue weighted by Gasteiger charge is -2.31. The predicted octanol–water partition coefficient (Wildman–Crippen LogP) is 2.93. The fourth-order valence-corrected chi connectivity index (χ4v) is 4.28. The van der Waals surface area contributed by atoms with Gasteiger partial charge in [-0.15, -0.1) is 12.4 Å². The topological polar surface area (TPSA) is 60.1 Å². The molecule has 8 heteroatoms. The van der Waals surface area contributed by atoms with Gasteiger partial charge in [0.15, 0.2) is 5.78 Å². The van der Waals surface area contributed by atoms with Gasteiger partial charge < -0.3 is 4.90 Å². The van der Waals surface area contributed by atoms with E-state index in [1.165, 1.54) is 12.1 Å². The Labute approximate surface area is 176 Å². The first-order chi connectivity index (χ1) is 13.6. The summed E-state index contributed by atoms with van der Waals surface area (Å²) in [6.07, 6.45) is 5.80. The van der Waals surface area contributed by atoms with Crippen molar-refractivity contribution in [1.29, 1.82) is 0 Å². The standard InChI is InChI=1S/C21H27FN4O2.ClH/c22-18-7-5-16(6-8-18)20(27)17-9-12-24(13-10-17)14-15-26-21(28)25-11-3-1-2-4-19(25)23-26;/h5-8,17H,1-4,9-15H2;1H. The number of aromatic nitrogens is 3. The number of fused-ring (bicyclic) bond motifs is 1. The van der Waals surface area contributed by atoms with Crippen molar-refractivity contribution in [1.82, 2.24) is 19.2 Å². The Morgan fingerprint density at radius 2 is 1.76 bits per heavy atom. The van der Waals surface area contributed by atoms with Crippen LogP contribution in [0.4, 0.5) is 4.39 Å². The number of hydrogen-bond donors (Lipinski definition) is 0. The molecule has 2 aliphatic rings. The molecule has 0 N–H and O–H groups in total. The molecule has 1 fully saturated rings. The molecule has 0 radical (unpaired) electrons. The highest BCUT2D eigenvalue weighted by atomic mass is 35.5. The summed E-state index contributed by atoms with van der Waals surface area (Å²) in [5, 5.41) is 4.54. The smallest absolute Gasteiger partial charge is 0.301 e. The minimum absolute atomic E-state index is 0. The average molecular weight is 423 g/mol. The third kappa shape index (κ3) is 4.95. The van der Waals surface area contributed by atoms with E-state index in [1.807, 2.05) is 4.57 Å². The fraction of sp³-hybridized carbons (Fsp3) is 0.571. The van der Waals surface area contributed by atoms with Crippen LogP contribution in [0.25, 0.3) is 0 Å². The van der Waals surface area contributed by atoms with Crippen LogP contribution in [0.5, 0.6) is 0 Å². The SMILES string of the molecule is Cl.O=C(c1ccc(F)cc1)C1CCN(CCn2nc3n(c2=O)CCCCC3)CC1. The second-order valence-corrected chi connectivity index (χ2v) is 7.87. The summed E-state index contributed by atoms with van der Waals surface area (Å²) in [6, 6.07) is 5.82. The Morgan fingerprint density at radius 3 is 2.48 bits per heavy atom. The Morgan fingerprint density at radius 1 is 1.03 bits per heavy atom. The second-order valence-electron chi connectivity index (χ2n) is 7.87. The van der Waals surface area contributed by atoms with Gasteiger partial charge in [-0.3, -0.25) is 9.36 Å². The molecular weight excluding hydrogens is 395 g/mol. The minimum atomic E-state index is -0.321. The molecule has 0 spiro atoms. The largest absolute Gasteiger partial charge is 0.345 e. The van der Waals surface area contributed by atoms with Crippen molar-refractivity contribution in [2.75, 3.05) is 19.6 Å². The second kappa shape index (κ2) is 9.67. The number of likely N-dealkylation sites (tertiary alicyclic amines) is 1. The van der Waals surface area contributed by atoms with Crippen LogP contribution in [-0.2, 0) is 19.5 Å². The average Bonchev–Trinajstić information content (AvgIpc) is 2.87. The van der Waals surface area contributed by atoms with Crippen molar-refractivity contribution in [3.8, 4) is 0 Å². The van der Waals surface area contributed by atoms with E-state index >= 15 is 0 Å². The number of hydrogen-bond acceptors (Lipinski definition) is 4. The van der Waals surface area contributed by atoms with Crippen LogP contribution >= 0.6 is 12.4 Å². The lowest BCUT2D eigenvalue weighted by Crippen LogP contribution is -2.39. The van der Waals surface area contributed by atoms with E-state index in [9.17, 15) is 14.0 Å². The number of aryl methyl sites for hydroxylation is 1. The normalized spacial score (nSPS) is 18.0. The van der Waals surface area contributed by atoms with Crippen molar-refractivity contribution in [2.24, 2.45) is 5.92 Å². The summed E-state index contributed by atoms with van der Waals surface area (Å²) in [4.78, 5) is 27.4. The van der Waals surface area contributed by atoms with Crippen LogP contribution in [-0.4, -0.2) is 44.7 Å². The van der Waals surface area contributed by atoms with Gasteiger partial charge in [0.25, 0.3) is 0 Å². The summed E-state index contributed by atoms with van der Waals surface area (Å²) in [5.74, 6) is 0.700. The van der Waals surface area contributed by atoms with E-state index in [-0.39, 0.29) is 35.6 Å². The number of halogens is 2. The number of rotatable bonds is 5. The molecule has 0 aliphatic carbocycles. The predicted molar refractivity (Wildman–Crippen MR) is 111 cm³/mol. The molecule has 1 aromatic carbocycles. The van der Waals surface area contributed by atoms with Gasteiger partial charge in [-0.05, 0) is 63.0 Å². The number of carbonyl (C=O) groups is 1. The molecule has 1 aromatic heterocycles. The summed E-state index contributed by atoms with van der Waals surface area (Å²) in [7, 11) is 0. The van der Waals surface area contributed by atoms with E-state index in [1.54, 1.807) is 16.8 Å². The third-order valence-electron chi connectivity index (χ3n) is 6.00.